The van der Waals surface area contributed by atoms with Gasteiger partial charge in [0.15, 0.2) is 0 Å². The Labute approximate surface area is 108 Å². The fourth-order valence-electron chi connectivity index (χ4n) is 2.36. The zero-order valence-corrected chi connectivity index (χ0v) is 12.4. The Hall–Kier alpha value is -0.0800. The van der Waals surface area contributed by atoms with Gasteiger partial charge in [-0.25, -0.2) is 0 Å². The average Bonchev–Trinajstić information content (AvgIpc) is 2.35. The number of hydrogen-bond acceptors (Lipinski definition) is 2. The maximum Gasteiger partial charge on any atom is 0.0555 e. The molecule has 2 heteroatoms. The highest BCUT2D eigenvalue weighted by molar-refractivity contribution is 4.66. The molecule has 0 saturated carbocycles. The maximum absolute atomic E-state index is 10.1. The zero-order chi connectivity index (χ0) is 13.1. The van der Waals surface area contributed by atoms with Crippen LogP contribution >= 0.6 is 0 Å². The predicted molar refractivity (Wildman–Crippen MR) is 76.3 cm³/mol. The smallest absolute Gasteiger partial charge is 0.0555 e. The van der Waals surface area contributed by atoms with Crippen molar-refractivity contribution in [2.75, 3.05) is 19.6 Å². The van der Waals surface area contributed by atoms with Crippen LogP contribution in [-0.2, 0) is 0 Å². The largest absolute Gasteiger partial charge is 0.393 e. The van der Waals surface area contributed by atoms with Crippen molar-refractivity contribution in [1.82, 2.24) is 4.90 Å². The van der Waals surface area contributed by atoms with Crippen LogP contribution in [0.5, 0.6) is 0 Å². The van der Waals surface area contributed by atoms with Crippen molar-refractivity contribution >= 4 is 0 Å². The second-order valence-electron chi connectivity index (χ2n) is 5.12. The summed E-state index contributed by atoms with van der Waals surface area (Å²) in [6, 6.07) is 0. The Kier molecular flexibility index (Phi) is 11.0. The molecule has 2 atom stereocenters. The monoisotopic (exact) mass is 243 g/mol. The lowest BCUT2D eigenvalue weighted by Gasteiger charge is -2.22. The first-order chi connectivity index (χ1) is 8.17. The lowest BCUT2D eigenvalue weighted by molar-refractivity contribution is 0.113. The minimum Gasteiger partial charge on any atom is -0.393 e. The molecule has 0 aliphatic heterocycles. The number of hydrogen-bond donors (Lipinski definition) is 1. The van der Waals surface area contributed by atoms with Crippen LogP contribution in [0.1, 0.15) is 66.2 Å². The number of unbranched alkanes of at least 4 members (excludes halogenated alkanes) is 1. The topological polar surface area (TPSA) is 23.5 Å². The van der Waals surface area contributed by atoms with Gasteiger partial charge in [0.1, 0.15) is 0 Å². The van der Waals surface area contributed by atoms with Crippen LogP contribution in [-0.4, -0.2) is 35.7 Å². The van der Waals surface area contributed by atoms with Crippen molar-refractivity contribution in [3.63, 3.8) is 0 Å². The Morgan fingerprint density at radius 3 is 2.12 bits per heavy atom. The van der Waals surface area contributed by atoms with E-state index < -0.39 is 0 Å². The third kappa shape index (κ3) is 8.62. The van der Waals surface area contributed by atoms with E-state index in [0.717, 1.165) is 38.4 Å². The molecule has 2 nitrogen and oxygen atoms in total. The lowest BCUT2D eigenvalue weighted by atomic mass is 9.92. The van der Waals surface area contributed by atoms with E-state index in [4.69, 9.17) is 0 Å². The maximum atomic E-state index is 10.1. The van der Waals surface area contributed by atoms with Gasteiger partial charge < -0.3 is 10.0 Å². The predicted octanol–water partition coefficient (Wildman–Crippen LogP) is 3.69. The molecule has 0 aromatic rings. The van der Waals surface area contributed by atoms with Crippen molar-refractivity contribution in [2.24, 2.45) is 5.92 Å². The van der Waals surface area contributed by atoms with E-state index >= 15 is 0 Å². The van der Waals surface area contributed by atoms with E-state index in [9.17, 15) is 5.11 Å². The molecule has 0 heterocycles. The van der Waals surface area contributed by atoms with Crippen LogP contribution in [0.4, 0.5) is 0 Å². The van der Waals surface area contributed by atoms with Crippen LogP contribution in [0.15, 0.2) is 0 Å². The molecule has 0 bridgehead atoms. The highest BCUT2D eigenvalue weighted by atomic mass is 16.3. The van der Waals surface area contributed by atoms with Gasteiger partial charge in [-0.2, -0.15) is 0 Å². The highest BCUT2D eigenvalue weighted by Gasteiger charge is 2.13. The van der Waals surface area contributed by atoms with Crippen LogP contribution in [0.3, 0.4) is 0 Å². The second kappa shape index (κ2) is 11.0. The van der Waals surface area contributed by atoms with Gasteiger partial charge in [-0.05, 0) is 31.8 Å². The molecule has 2 unspecified atom stereocenters. The first-order valence-electron chi connectivity index (χ1n) is 7.58. The number of rotatable bonds is 11. The molecular formula is C15H33NO. The minimum atomic E-state index is -0.0996. The Morgan fingerprint density at radius 1 is 1.00 bits per heavy atom. The summed E-state index contributed by atoms with van der Waals surface area (Å²) < 4.78 is 0. The molecule has 104 valence electrons. The van der Waals surface area contributed by atoms with Gasteiger partial charge >= 0.3 is 0 Å². The molecule has 0 aliphatic rings. The van der Waals surface area contributed by atoms with E-state index in [1.807, 2.05) is 0 Å². The molecule has 0 fully saturated rings. The molecule has 0 aromatic heterocycles. The van der Waals surface area contributed by atoms with Crippen LogP contribution in [0.2, 0.25) is 0 Å². The van der Waals surface area contributed by atoms with Gasteiger partial charge in [-0.1, -0.05) is 53.4 Å². The third-order valence-electron chi connectivity index (χ3n) is 3.82. The molecular weight excluding hydrogens is 210 g/mol. The highest BCUT2D eigenvalue weighted by Crippen LogP contribution is 2.19. The number of aliphatic hydroxyl groups is 1. The van der Waals surface area contributed by atoms with Gasteiger partial charge in [0.25, 0.3) is 0 Å². The average molecular weight is 243 g/mol. The van der Waals surface area contributed by atoms with E-state index in [-0.39, 0.29) is 6.10 Å². The Morgan fingerprint density at radius 2 is 1.65 bits per heavy atom. The summed E-state index contributed by atoms with van der Waals surface area (Å²) in [6.07, 6.45) is 6.91. The van der Waals surface area contributed by atoms with E-state index in [0.29, 0.717) is 0 Å². The Bertz CT molecular complexity index is 157. The summed E-state index contributed by atoms with van der Waals surface area (Å²) in [7, 11) is 0. The van der Waals surface area contributed by atoms with Crippen molar-refractivity contribution < 1.29 is 5.11 Å². The van der Waals surface area contributed by atoms with Crippen molar-refractivity contribution in [1.29, 1.82) is 0 Å². The SMILES string of the molecule is CCCCC(CC)CC(O)CCN(CC)CC. The molecule has 17 heavy (non-hydrogen) atoms. The standard InChI is InChI=1S/C15H33NO/c1-5-9-10-14(6-2)13-15(17)11-12-16(7-3)8-4/h14-15,17H,5-13H2,1-4H3. The van der Waals surface area contributed by atoms with Gasteiger partial charge in [0.05, 0.1) is 6.10 Å². The first-order valence-corrected chi connectivity index (χ1v) is 7.58. The summed E-state index contributed by atoms with van der Waals surface area (Å²) >= 11 is 0. The molecule has 0 aliphatic carbocycles. The normalized spacial score (nSPS) is 15.2. The molecule has 0 saturated heterocycles. The van der Waals surface area contributed by atoms with Gasteiger partial charge in [-0.15, -0.1) is 0 Å². The van der Waals surface area contributed by atoms with Gasteiger partial charge in [0.2, 0.25) is 0 Å². The van der Waals surface area contributed by atoms with E-state index in [2.05, 4.69) is 32.6 Å². The van der Waals surface area contributed by atoms with Crippen molar-refractivity contribution in [2.45, 2.75) is 72.3 Å². The third-order valence-corrected chi connectivity index (χ3v) is 3.82. The zero-order valence-electron chi connectivity index (χ0n) is 12.4. The summed E-state index contributed by atoms with van der Waals surface area (Å²) in [5.41, 5.74) is 0. The summed E-state index contributed by atoms with van der Waals surface area (Å²) in [5, 5.41) is 10.1. The van der Waals surface area contributed by atoms with Crippen molar-refractivity contribution in [3.8, 4) is 0 Å². The molecule has 0 aromatic carbocycles. The van der Waals surface area contributed by atoms with E-state index in [1.165, 1.54) is 25.7 Å². The number of nitrogens with zero attached hydrogens (tertiary/aromatic N) is 1. The van der Waals surface area contributed by atoms with Crippen molar-refractivity contribution in [3.05, 3.63) is 0 Å². The van der Waals surface area contributed by atoms with Gasteiger partial charge in [-0.3, -0.25) is 0 Å². The molecule has 0 amide bonds. The number of aliphatic hydroxyl groups excluding tert-OH is 1. The fraction of sp³-hybridized carbons (Fsp3) is 1.00. The summed E-state index contributed by atoms with van der Waals surface area (Å²) in [5.74, 6) is 0.724. The Balaban J connectivity index is 3.77. The molecule has 0 rings (SSSR count). The second-order valence-corrected chi connectivity index (χ2v) is 5.12. The quantitative estimate of drug-likeness (QED) is 0.598. The lowest BCUT2D eigenvalue weighted by Crippen LogP contribution is -2.27. The first kappa shape index (κ1) is 16.9. The van der Waals surface area contributed by atoms with Crippen LogP contribution in [0, 0.1) is 5.92 Å². The van der Waals surface area contributed by atoms with E-state index in [1.54, 1.807) is 0 Å². The van der Waals surface area contributed by atoms with Gasteiger partial charge in [0, 0.05) is 6.54 Å². The molecule has 1 N–H and O–H groups in total. The van der Waals surface area contributed by atoms with Crippen LogP contribution < -0.4 is 0 Å². The fourth-order valence-corrected chi connectivity index (χ4v) is 2.36. The summed E-state index contributed by atoms with van der Waals surface area (Å²) in [6.45, 7) is 12.1. The minimum absolute atomic E-state index is 0.0996. The molecule has 0 spiro atoms. The van der Waals surface area contributed by atoms with Crippen LogP contribution in [0.25, 0.3) is 0 Å². The summed E-state index contributed by atoms with van der Waals surface area (Å²) in [4.78, 5) is 2.39. The molecule has 0 radical (unpaired) electrons.